The van der Waals surface area contributed by atoms with Crippen LogP contribution in [0, 0.1) is 5.82 Å². The highest BCUT2D eigenvalue weighted by Crippen LogP contribution is 2.39. The van der Waals surface area contributed by atoms with Gasteiger partial charge in [-0.25, -0.2) is 22.3 Å². The maximum absolute atomic E-state index is 13.5. The molecule has 0 aliphatic carbocycles. The van der Waals surface area contributed by atoms with Crippen molar-refractivity contribution < 1.29 is 48.7 Å². The van der Waals surface area contributed by atoms with Crippen LogP contribution in [0.15, 0.2) is 47.4 Å². The second-order valence-electron chi connectivity index (χ2n) is 8.78. The molecule has 0 spiro atoms. The highest BCUT2D eigenvalue weighted by molar-refractivity contribution is 7.92. The Morgan fingerprint density at radius 1 is 1.08 bits per heavy atom. The SMILES string of the molecule is CCNS(=O)(=O)NC[C@H]1CN(S(=O)(=O)c2ccc(F)cc2)c2cc(NC(=O)OC(C)(C)C(F)(F)F)ccc2O1. The van der Waals surface area contributed by atoms with Crippen molar-refractivity contribution in [2.24, 2.45) is 0 Å². The molecule has 1 aliphatic heterocycles. The number of amides is 1. The van der Waals surface area contributed by atoms with Crippen LogP contribution in [0.2, 0.25) is 0 Å². The first-order valence-corrected chi connectivity index (χ1v) is 14.3. The van der Waals surface area contributed by atoms with Crippen molar-refractivity contribution in [3.8, 4) is 5.75 Å². The Morgan fingerprint density at radius 3 is 2.31 bits per heavy atom. The number of halogens is 4. The molecule has 0 bridgehead atoms. The molecule has 3 rings (SSSR count). The number of carbonyl (C=O) groups is 1. The molecule has 39 heavy (non-hydrogen) atoms. The fourth-order valence-corrected chi connectivity index (χ4v) is 5.72. The van der Waals surface area contributed by atoms with E-state index in [4.69, 9.17) is 4.74 Å². The Balaban J connectivity index is 1.94. The number of ether oxygens (including phenoxy) is 2. The lowest BCUT2D eigenvalue weighted by molar-refractivity contribution is -0.242. The molecule has 1 heterocycles. The highest BCUT2D eigenvalue weighted by atomic mass is 32.2. The van der Waals surface area contributed by atoms with Gasteiger partial charge in [0.25, 0.3) is 20.2 Å². The zero-order valence-electron chi connectivity index (χ0n) is 20.9. The normalized spacial score (nSPS) is 16.3. The van der Waals surface area contributed by atoms with E-state index in [9.17, 15) is 39.2 Å². The summed E-state index contributed by atoms with van der Waals surface area (Å²) in [6, 6.07) is 7.55. The summed E-state index contributed by atoms with van der Waals surface area (Å²) in [5, 5.41) is 2.12. The molecule has 0 aromatic heterocycles. The van der Waals surface area contributed by atoms with Gasteiger partial charge < -0.3 is 9.47 Å². The number of hydrogen-bond donors (Lipinski definition) is 3. The van der Waals surface area contributed by atoms with E-state index in [1.807, 2.05) is 0 Å². The molecular formula is C22H26F4N4O7S2. The van der Waals surface area contributed by atoms with Gasteiger partial charge in [-0.05, 0) is 56.3 Å². The Kier molecular flexibility index (Phi) is 8.69. The molecule has 11 nitrogen and oxygen atoms in total. The average molecular weight is 599 g/mol. The predicted molar refractivity (Wildman–Crippen MR) is 133 cm³/mol. The monoisotopic (exact) mass is 598 g/mol. The van der Waals surface area contributed by atoms with Gasteiger partial charge in [0.2, 0.25) is 5.60 Å². The zero-order chi connectivity index (χ0) is 29.2. The van der Waals surface area contributed by atoms with E-state index in [0.29, 0.717) is 13.8 Å². The van der Waals surface area contributed by atoms with Crippen molar-refractivity contribution in [2.75, 3.05) is 29.3 Å². The number of nitrogens with zero attached hydrogens (tertiary/aromatic N) is 1. The van der Waals surface area contributed by atoms with Crippen molar-refractivity contribution in [3.05, 3.63) is 48.3 Å². The zero-order valence-corrected chi connectivity index (χ0v) is 22.5. The molecule has 1 aliphatic rings. The van der Waals surface area contributed by atoms with E-state index in [0.717, 1.165) is 34.6 Å². The molecule has 0 saturated carbocycles. The van der Waals surface area contributed by atoms with E-state index in [1.54, 1.807) is 6.92 Å². The van der Waals surface area contributed by atoms with Gasteiger partial charge in [-0.2, -0.15) is 26.3 Å². The van der Waals surface area contributed by atoms with Crippen LogP contribution in [0.1, 0.15) is 20.8 Å². The van der Waals surface area contributed by atoms with E-state index in [2.05, 4.69) is 19.5 Å². The first-order valence-electron chi connectivity index (χ1n) is 11.3. The van der Waals surface area contributed by atoms with Crippen molar-refractivity contribution >= 4 is 37.7 Å². The minimum absolute atomic E-state index is 0.0332. The molecule has 0 fully saturated rings. The highest BCUT2D eigenvalue weighted by Gasteiger charge is 2.51. The number of anilines is 2. The van der Waals surface area contributed by atoms with Crippen LogP contribution in [-0.2, 0) is 25.0 Å². The summed E-state index contributed by atoms with van der Waals surface area (Å²) in [6.07, 6.45) is -7.31. The lowest BCUT2D eigenvalue weighted by Gasteiger charge is -2.35. The number of rotatable bonds is 9. The molecule has 1 amide bonds. The first kappa shape index (κ1) is 30.4. The van der Waals surface area contributed by atoms with E-state index < -0.39 is 56.6 Å². The molecule has 0 radical (unpaired) electrons. The molecule has 1 atom stereocenters. The van der Waals surface area contributed by atoms with Gasteiger partial charge in [0.05, 0.1) is 23.7 Å². The van der Waals surface area contributed by atoms with Gasteiger partial charge in [-0.3, -0.25) is 9.62 Å². The van der Waals surface area contributed by atoms with Crippen molar-refractivity contribution in [1.29, 1.82) is 0 Å². The van der Waals surface area contributed by atoms with Gasteiger partial charge in [0.1, 0.15) is 17.7 Å². The summed E-state index contributed by atoms with van der Waals surface area (Å²) >= 11 is 0. The fraction of sp³-hybridized carbons (Fsp3) is 0.409. The fourth-order valence-electron chi connectivity index (χ4n) is 3.33. The summed E-state index contributed by atoms with van der Waals surface area (Å²) in [4.78, 5) is 11.9. The molecule has 2 aromatic carbocycles. The van der Waals surface area contributed by atoms with Crippen molar-refractivity contribution in [2.45, 2.75) is 43.5 Å². The predicted octanol–water partition coefficient (Wildman–Crippen LogP) is 3.12. The van der Waals surface area contributed by atoms with E-state index >= 15 is 0 Å². The van der Waals surface area contributed by atoms with Crippen LogP contribution in [0.3, 0.4) is 0 Å². The molecular weight excluding hydrogens is 572 g/mol. The smallest absolute Gasteiger partial charge is 0.427 e. The summed E-state index contributed by atoms with van der Waals surface area (Å²) in [7, 11) is -8.28. The maximum atomic E-state index is 13.5. The third-order valence-corrected chi connectivity index (χ3v) is 8.41. The Hall–Kier alpha value is -3.15. The third kappa shape index (κ3) is 7.28. The molecule has 2 aromatic rings. The minimum Gasteiger partial charge on any atom is -0.485 e. The summed E-state index contributed by atoms with van der Waals surface area (Å²) in [6.45, 7) is 2.25. The molecule has 3 N–H and O–H groups in total. The number of alkyl halides is 3. The number of fused-ring (bicyclic) bond motifs is 1. The lowest BCUT2D eigenvalue weighted by Crippen LogP contribution is -2.50. The largest absolute Gasteiger partial charge is 0.485 e. The van der Waals surface area contributed by atoms with Gasteiger partial charge in [0.15, 0.2) is 0 Å². The van der Waals surface area contributed by atoms with Crippen LogP contribution < -0.4 is 23.8 Å². The van der Waals surface area contributed by atoms with E-state index in [1.165, 1.54) is 12.1 Å². The first-order chi connectivity index (χ1) is 17.9. The van der Waals surface area contributed by atoms with Crippen LogP contribution in [0.5, 0.6) is 5.75 Å². The summed E-state index contributed by atoms with van der Waals surface area (Å²) in [5.74, 6) is -0.715. The summed E-state index contributed by atoms with van der Waals surface area (Å²) < 4.78 is 119. The quantitative estimate of drug-likeness (QED) is 0.377. The van der Waals surface area contributed by atoms with Crippen LogP contribution >= 0.6 is 0 Å². The van der Waals surface area contributed by atoms with Gasteiger partial charge >= 0.3 is 12.3 Å². The second kappa shape index (κ2) is 11.1. The third-order valence-electron chi connectivity index (χ3n) is 5.40. The van der Waals surface area contributed by atoms with E-state index in [-0.39, 0.29) is 35.1 Å². The maximum Gasteiger partial charge on any atom is 0.427 e. The number of nitrogens with one attached hydrogen (secondary N) is 3. The molecule has 216 valence electrons. The number of sulfonamides is 1. The minimum atomic E-state index is -4.85. The van der Waals surface area contributed by atoms with Crippen molar-refractivity contribution in [1.82, 2.24) is 9.44 Å². The molecule has 17 heteroatoms. The topological polar surface area (TPSA) is 143 Å². The van der Waals surface area contributed by atoms with Crippen LogP contribution in [0.25, 0.3) is 0 Å². The Morgan fingerprint density at radius 2 is 1.72 bits per heavy atom. The van der Waals surface area contributed by atoms with Crippen molar-refractivity contribution in [3.63, 3.8) is 0 Å². The van der Waals surface area contributed by atoms with Crippen LogP contribution in [0.4, 0.5) is 33.7 Å². The van der Waals surface area contributed by atoms with Gasteiger partial charge in [-0.15, -0.1) is 0 Å². The van der Waals surface area contributed by atoms with Gasteiger partial charge in [-0.1, -0.05) is 6.92 Å². The average Bonchev–Trinajstić information content (AvgIpc) is 2.81. The number of benzene rings is 2. The Labute approximate surface area is 222 Å². The molecule has 0 unspecified atom stereocenters. The molecule has 0 saturated heterocycles. The summed E-state index contributed by atoms with van der Waals surface area (Å²) in [5.41, 5.74) is -3.04. The second-order valence-corrected chi connectivity index (χ2v) is 12.2. The number of hydrogen-bond acceptors (Lipinski definition) is 7. The Bertz CT molecular complexity index is 1420. The lowest BCUT2D eigenvalue weighted by atomic mass is 10.1. The van der Waals surface area contributed by atoms with Crippen LogP contribution in [-0.4, -0.2) is 60.4 Å². The standard InChI is InChI=1S/C22H26F4N4O7S2/c1-4-27-39(34,35)28-12-16-13-30(38(32,33)17-8-5-14(23)6-9-17)18-11-15(7-10-19(18)36-16)29-20(31)37-21(2,3)22(24,25)26/h5-11,16,27-28H,4,12-13H2,1-3H3,(H,29,31)/t16-/m0/s1. The van der Waals surface area contributed by atoms with Gasteiger partial charge in [0, 0.05) is 12.2 Å². The number of carbonyl (C=O) groups excluding carboxylic acids is 1.